The molecule has 2 heterocycles. The Morgan fingerprint density at radius 2 is 2.40 bits per heavy atom. The zero-order valence-corrected chi connectivity index (χ0v) is 10.8. The third-order valence-electron chi connectivity index (χ3n) is 2.92. The number of nitrogens with zero attached hydrogens (tertiary/aromatic N) is 2. The summed E-state index contributed by atoms with van der Waals surface area (Å²) >= 11 is 0. The van der Waals surface area contributed by atoms with Crippen LogP contribution in [0.5, 0.6) is 0 Å². The molecule has 1 aromatic rings. The number of hydrogen-bond donors (Lipinski definition) is 3. The highest BCUT2D eigenvalue weighted by molar-refractivity contribution is 5.23. The van der Waals surface area contributed by atoms with Gasteiger partial charge in [0.05, 0.1) is 6.61 Å². The third kappa shape index (κ3) is 2.60. The molecule has 1 aliphatic heterocycles. The Morgan fingerprint density at radius 1 is 1.65 bits per heavy atom. The van der Waals surface area contributed by atoms with E-state index >= 15 is 0 Å². The van der Waals surface area contributed by atoms with Gasteiger partial charge in [-0.15, -0.1) is 0 Å². The maximum Gasteiger partial charge on any atom is 0.351 e. The number of nitrogens with two attached hydrogens (primary N) is 1. The normalized spacial score (nSPS) is 28.8. The first-order valence-corrected chi connectivity index (χ1v) is 5.95. The summed E-state index contributed by atoms with van der Waals surface area (Å²) in [5.41, 5.74) is 4.77. The largest absolute Gasteiger partial charge is 0.436 e. The molecule has 108 valence electrons. The molecular formula is C12H15N3O5. The summed E-state index contributed by atoms with van der Waals surface area (Å²) in [7, 11) is 0. The Hall–Kier alpha value is -2.08. The van der Waals surface area contributed by atoms with Crippen molar-refractivity contribution in [2.75, 3.05) is 12.3 Å². The molecule has 0 saturated carbocycles. The molecule has 0 aromatic carbocycles. The van der Waals surface area contributed by atoms with Crippen molar-refractivity contribution in [2.45, 2.75) is 31.5 Å². The van der Waals surface area contributed by atoms with Gasteiger partial charge in [0.15, 0.2) is 12.3 Å². The van der Waals surface area contributed by atoms with Gasteiger partial charge in [0, 0.05) is 13.1 Å². The minimum Gasteiger partial charge on any atom is -0.436 e. The van der Waals surface area contributed by atoms with Gasteiger partial charge in [0.1, 0.15) is 24.1 Å². The molecule has 0 aliphatic carbocycles. The van der Waals surface area contributed by atoms with E-state index in [1.54, 1.807) is 6.92 Å². The fraction of sp³-hybridized carbons (Fsp3) is 0.500. The number of aromatic nitrogens is 2. The monoisotopic (exact) mass is 281 g/mol. The second kappa shape index (κ2) is 5.92. The Bertz CT molecular complexity index is 591. The number of anilines is 1. The average Bonchev–Trinajstić information content (AvgIpc) is 2.73. The van der Waals surface area contributed by atoms with Crippen LogP contribution in [0, 0.1) is 12.0 Å². The van der Waals surface area contributed by atoms with E-state index in [1.165, 1.54) is 12.3 Å². The number of rotatable bonds is 3. The van der Waals surface area contributed by atoms with Crippen LogP contribution >= 0.6 is 0 Å². The highest BCUT2D eigenvalue weighted by Gasteiger charge is 2.46. The number of ether oxygens (including phenoxy) is 2. The summed E-state index contributed by atoms with van der Waals surface area (Å²) in [5, 5.41) is 19.2. The molecule has 1 aromatic heterocycles. The maximum absolute atomic E-state index is 11.8. The van der Waals surface area contributed by atoms with Crippen LogP contribution in [0.4, 0.5) is 5.82 Å². The molecule has 0 radical (unpaired) electrons. The standard InChI is InChI=1S/C12H15N3O5/c1-2-5-19-10-9(17)7(6-16)20-11(10)15-4-3-8(13)14-12(15)18/h3-4,7,9-11,16-17H,6H2,1H3,(H2,13,14,18)/t7-,9+,10-,11-/m1/s1. The molecule has 1 saturated heterocycles. The zero-order chi connectivity index (χ0) is 14.7. The Kier molecular flexibility index (Phi) is 4.24. The van der Waals surface area contributed by atoms with Crippen molar-refractivity contribution in [1.29, 1.82) is 0 Å². The highest BCUT2D eigenvalue weighted by Crippen LogP contribution is 2.30. The molecule has 2 rings (SSSR count). The van der Waals surface area contributed by atoms with E-state index in [0.29, 0.717) is 0 Å². The smallest absolute Gasteiger partial charge is 0.351 e. The summed E-state index contributed by atoms with van der Waals surface area (Å²) < 4.78 is 11.7. The van der Waals surface area contributed by atoms with E-state index in [9.17, 15) is 9.90 Å². The summed E-state index contributed by atoms with van der Waals surface area (Å²) in [6.45, 7) is 1.16. The SMILES string of the molecule is CC#CO[C@@H]1[C@@H](O)[C@@H](CO)O[C@H]1n1ccc(N)nc1=O. The Morgan fingerprint density at radius 3 is 3.00 bits per heavy atom. The molecule has 0 amide bonds. The van der Waals surface area contributed by atoms with E-state index in [4.69, 9.17) is 20.3 Å². The molecule has 8 nitrogen and oxygen atoms in total. The fourth-order valence-electron chi connectivity index (χ4n) is 1.97. The Balaban J connectivity index is 2.35. The molecule has 8 heteroatoms. The van der Waals surface area contributed by atoms with Crippen LogP contribution in [0.15, 0.2) is 17.1 Å². The molecule has 4 N–H and O–H groups in total. The lowest BCUT2D eigenvalue weighted by Gasteiger charge is -2.19. The minimum atomic E-state index is -1.12. The van der Waals surface area contributed by atoms with Gasteiger partial charge in [0.25, 0.3) is 0 Å². The average molecular weight is 281 g/mol. The quantitative estimate of drug-likeness (QED) is 0.573. The summed E-state index contributed by atoms with van der Waals surface area (Å²) in [4.78, 5) is 15.4. The lowest BCUT2D eigenvalue weighted by atomic mass is 10.1. The van der Waals surface area contributed by atoms with Crippen LogP contribution in [0.25, 0.3) is 0 Å². The molecule has 1 aliphatic rings. The van der Waals surface area contributed by atoms with E-state index in [2.05, 4.69) is 17.0 Å². The van der Waals surface area contributed by atoms with E-state index in [1.807, 2.05) is 0 Å². The van der Waals surface area contributed by atoms with Crippen molar-refractivity contribution < 1.29 is 19.7 Å². The van der Waals surface area contributed by atoms with Crippen molar-refractivity contribution in [3.05, 3.63) is 22.7 Å². The number of aliphatic hydroxyl groups excluding tert-OH is 2. The highest BCUT2D eigenvalue weighted by atomic mass is 16.6. The van der Waals surface area contributed by atoms with Gasteiger partial charge in [-0.05, 0) is 6.07 Å². The molecule has 1 fully saturated rings. The van der Waals surface area contributed by atoms with Crippen LogP contribution in [-0.4, -0.2) is 44.7 Å². The maximum atomic E-state index is 11.8. The predicted molar refractivity (Wildman–Crippen MR) is 68.2 cm³/mol. The Labute approximate surface area is 114 Å². The van der Waals surface area contributed by atoms with E-state index < -0.39 is 36.8 Å². The van der Waals surface area contributed by atoms with Gasteiger partial charge in [-0.1, -0.05) is 5.92 Å². The lowest BCUT2D eigenvalue weighted by Crippen LogP contribution is -2.37. The van der Waals surface area contributed by atoms with Crippen molar-refractivity contribution >= 4 is 5.82 Å². The fourth-order valence-corrected chi connectivity index (χ4v) is 1.97. The number of nitrogen functional groups attached to an aromatic ring is 1. The van der Waals surface area contributed by atoms with Crippen LogP contribution in [0.1, 0.15) is 13.2 Å². The van der Waals surface area contributed by atoms with E-state index in [-0.39, 0.29) is 5.82 Å². The van der Waals surface area contributed by atoms with Gasteiger partial charge in [0.2, 0.25) is 0 Å². The molecular weight excluding hydrogens is 266 g/mol. The third-order valence-corrected chi connectivity index (χ3v) is 2.92. The minimum absolute atomic E-state index is 0.0781. The van der Waals surface area contributed by atoms with Crippen LogP contribution < -0.4 is 11.4 Å². The number of aliphatic hydroxyl groups is 2. The topological polar surface area (TPSA) is 120 Å². The summed E-state index contributed by atoms with van der Waals surface area (Å²) in [6.07, 6.45) is -0.0880. The molecule has 0 bridgehead atoms. The van der Waals surface area contributed by atoms with Gasteiger partial charge in [-0.3, -0.25) is 4.57 Å². The van der Waals surface area contributed by atoms with Crippen LogP contribution in [-0.2, 0) is 9.47 Å². The second-order valence-electron chi connectivity index (χ2n) is 4.22. The van der Waals surface area contributed by atoms with Crippen molar-refractivity contribution in [2.24, 2.45) is 0 Å². The van der Waals surface area contributed by atoms with Gasteiger partial charge < -0.3 is 25.4 Å². The zero-order valence-electron chi connectivity index (χ0n) is 10.8. The summed E-state index contributed by atoms with van der Waals surface area (Å²) in [6, 6.07) is 1.42. The summed E-state index contributed by atoms with van der Waals surface area (Å²) in [5.74, 6) is 2.60. The van der Waals surface area contributed by atoms with Crippen LogP contribution in [0.2, 0.25) is 0 Å². The molecule has 0 spiro atoms. The second-order valence-corrected chi connectivity index (χ2v) is 4.22. The van der Waals surface area contributed by atoms with E-state index in [0.717, 1.165) is 4.57 Å². The molecule has 0 unspecified atom stereocenters. The first kappa shape index (κ1) is 14.3. The first-order chi connectivity index (χ1) is 9.58. The van der Waals surface area contributed by atoms with Crippen LogP contribution in [0.3, 0.4) is 0 Å². The first-order valence-electron chi connectivity index (χ1n) is 5.95. The predicted octanol–water partition coefficient (Wildman–Crippen LogP) is -1.56. The molecule has 20 heavy (non-hydrogen) atoms. The van der Waals surface area contributed by atoms with Gasteiger partial charge in [-0.25, -0.2) is 4.79 Å². The lowest BCUT2D eigenvalue weighted by molar-refractivity contribution is -0.0548. The van der Waals surface area contributed by atoms with Crippen molar-refractivity contribution in [3.8, 4) is 12.0 Å². The van der Waals surface area contributed by atoms with Crippen molar-refractivity contribution in [1.82, 2.24) is 9.55 Å². The number of hydrogen-bond acceptors (Lipinski definition) is 7. The van der Waals surface area contributed by atoms with Crippen molar-refractivity contribution in [3.63, 3.8) is 0 Å². The van der Waals surface area contributed by atoms with Gasteiger partial charge in [-0.2, -0.15) is 4.98 Å². The molecule has 4 atom stereocenters. The van der Waals surface area contributed by atoms with Gasteiger partial charge >= 0.3 is 5.69 Å².